The van der Waals surface area contributed by atoms with E-state index in [9.17, 15) is 13.2 Å². The van der Waals surface area contributed by atoms with E-state index in [1.165, 1.54) is 4.31 Å². The van der Waals surface area contributed by atoms with Crippen LogP contribution in [0.5, 0.6) is 0 Å². The van der Waals surface area contributed by atoms with Crippen molar-refractivity contribution in [3.05, 3.63) is 29.3 Å². The summed E-state index contributed by atoms with van der Waals surface area (Å²) in [5, 5.41) is 5.88. The molecule has 1 aromatic rings. The maximum atomic E-state index is 12.7. The molecule has 2 N–H and O–H groups in total. The van der Waals surface area contributed by atoms with Crippen LogP contribution in [0.2, 0.25) is 0 Å². The topological polar surface area (TPSA) is 78.5 Å². The Morgan fingerprint density at radius 2 is 2.05 bits per heavy atom. The van der Waals surface area contributed by atoms with Crippen molar-refractivity contribution in [1.82, 2.24) is 14.9 Å². The van der Waals surface area contributed by atoms with Crippen molar-refractivity contribution in [2.45, 2.75) is 17.9 Å². The lowest BCUT2D eigenvalue weighted by atomic mass is 10.0. The highest BCUT2D eigenvalue weighted by atomic mass is 32.2. The summed E-state index contributed by atoms with van der Waals surface area (Å²) >= 11 is 0. The maximum Gasteiger partial charge on any atom is 0.243 e. The number of carbonyl (C=O) groups is 1. The molecule has 0 atom stereocenters. The molecule has 3 rings (SSSR count). The van der Waals surface area contributed by atoms with Gasteiger partial charge in [-0.1, -0.05) is 12.1 Å². The fourth-order valence-electron chi connectivity index (χ4n) is 2.70. The largest absolute Gasteiger partial charge is 0.354 e. The van der Waals surface area contributed by atoms with Gasteiger partial charge >= 0.3 is 0 Å². The van der Waals surface area contributed by atoms with Crippen LogP contribution in [0.3, 0.4) is 0 Å². The van der Waals surface area contributed by atoms with Gasteiger partial charge in [-0.3, -0.25) is 4.79 Å². The highest BCUT2D eigenvalue weighted by Gasteiger charge is 2.31. The van der Waals surface area contributed by atoms with Gasteiger partial charge in [0.05, 0.1) is 11.4 Å². The molecule has 1 fully saturated rings. The smallest absolute Gasteiger partial charge is 0.243 e. The van der Waals surface area contributed by atoms with Gasteiger partial charge in [-0.2, -0.15) is 4.31 Å². The normalized spacial score (nSPS) is 20.3. The van der Waals surface area contributed by atoms with Gasteiger partial charge in [-0.25, -0.2) is 8.42 Å². The number of piperazine rings is 1. The monoisotopic (exact) mass is 295 g/mol. The highest BCUT2D eigenvalue weighted by molar-refractivity contribution is 7.89. The molecular formula is C13H17N3O3S. The van der Waals surface area contributed by atoms with Gasteiger partial charge in [0.25, 0.3) is 0 Å². The van der Waals surface area contributed by atoms with Crippen molar-refractivity contribution in [2.24, 2.45) is 0 Å². The number of hydrogen-bond acceptors (Lipinski definition) is 4. The predicted octanol–water partition coefficient (Wildman–Crippen LogP) is -0.547. The van der Waals surface area contributed by atoms with E-state index in [-0.39, 0.29) is 12.5 Å². The molecular weight excluding hydrogens is 278 g/mol. The molecule has 20 heavy (non-hydrogen) atoms. The molecule has 2 heterocycles. The average molecular weight is 295 g/mol. The predicted molar refractivity (Wildman–Crippen MR) is 73.6 cm³/mol. The molecule has 108 valence electrons. The molecule has 0 spiro atoms. The minimum absolute atomic E-state index is 0.0930. The van der Waals surface area contributed by atoms with Crippen molar-refractivity contribution in [3.8, 4) is 0 Å². The van der Waals surface area contributed by atoms with E-state index in [1.807, 2.05) is 6.07 Å². The van der Waals surface area contributed by atoms with Gasteiger partial charge in [-0.05, 0) is 30.2 Å². The quantitative estimate of drug-likeness (QED) is 0.767. The minimum atomic E-state index is -3.59. The number of carbonyl (C=O) groups excluding carboxylic acids is 1. The van der Waals surface area contributed by atoms with Gasteiger partial charge in [-0.15, -0.1) is 0 Å². The Labute approximate surface area is 118 Å². The van der Waals surface area contributed by atoms with Crippen LogP contribution < -0.4 is 10.6 Å². The molecule has 0 radical (unpaired) electrons. The molecule has 2 aliphatic rings. The molecule has 0 unspecified atom stereocenters. The minimum Gasteiger partial charge on any atom is -0.354 e. The van der Waals surface area contributed by atoms with E-state index in [4.69, 9.17) is 0 Å². The summed E-state index contributed by atoms with van der Waals surface area (Å²) in [6.45, 7) is 2.08. The number of nitrogens with one attached hydrogen (secondary N) is 2. The Hall–Kier alpha value is -1.44. The summed E-state index contributed by atoms with van der Waals surface area (Å²) in [6.07, 6.45) is 0.699. The molecule has 0 bridgehead atoms. The molecule has 1 aromatic carbocycles. The van der Waals surface area contributed by atoms with Crippen LogP contribution in [0.1, 0.15) is 11.1 Å². The summed E-state index contributed by atoms with van der Waals surface area (Å²) in [6, 6.07) is 5.36. The Morgan fingerprint density at radius 1 is 1.20 bits per heavy atom. The van der Waals surface area contributed by atoms with Crippen LogP contribution in [0.15, 0.2) is 23.1 Å². The third-order valence-corrected chi connectivity index (χ3v) is 5.65. The lowest BCUT2D eigenvalue weighted by molar-refractivity contribution is -0.122. The lowest BCUT2D eigenvalue weighted by Crippen LogP contribution is -2.50. The first-order chi connectivity index (χ1) is 9.59. The Balaban J connectivity index is 2.01. The summed E-state index contributed by atoms with van der Waals surface area (Å²) in [4.78, 5) is 11.8. The second-order valence-corrected chi connectivity index (χ2v) is 6.92. The SMILES string of the molecule is O=C1CN(S(=O)(=O)c2cccc3c2CCNC3)CCN1. The molecule has 0 aliphatic carbocycles. The van der Waals surface area contributed by atoms with Crippen LogP contribution in [0.4, 0.5) is 0 Å². The number of hydrogen-bond donors (Lipinski definition) is 2. The summed E-state index contributed by atoms with van der Waals surface area (Å²) in [7, 11) is -3.59. The van der Waals surface area contributed by atoms with Gasteiger partial charge < -0.3 is 10.6 Å². The van der Waals surface area contributed by atoms with Crippen molar-refractivity contribution >= 4 is 15.9 Å². The van der Waals surface area contributed by atoms with Crippen LogP contribution in [-0.4, -0.2) is 44.8 Å². The number of rotatable bonds is 2. The first-order valence-electron chi connectivity index (χ1n) is 6.67. The average Bonchev–Trinajstić information content (AvgIpc) is 2.46. The third kappa shape index (κ3) is 2.32. The van der Waals surface area contributed by atoms with Crippen LogP contribution in [0.25, 0.3) is 0 Å². The number of amides is 1. The molecule has 1 amide bonds. The molecule has 7 heteroatoms. The van der Waals surface area contributed by atoms with E-state index in [1.54, 1.807) is 12.1 Å². The van der Waals surface area contributed by atoms with Gasteiger partial charge in [0.2, 0.25) is 15.9 Å². The number of benzene rings is 1. The van der Waals surface area contributed by atoms with E-state index >= 15 is 0 Å². The second kappa shape index (κ2) is 5.16. The van der Waals surface area contributed by atoms with Crippen LogP contribution >= 0.6 is 0 Å². The van der Waals surface area contributed by atoms with Gasteiger partial charge in [0, 0.05) is 19.6 Å². The van der Waals surface area contributed by atoms with Gasteiger partial charge in [0.15, 0.2) is 0 Å². The Morgan fingerprint density at radius 3 is 2.85 bits per heavy atom. The van der Waals surface area contributed by atoms with E-state index in [0.29, 0.717) is 31.0 Å². The zero-order chi connectivity index (χ0) is 14.2. The number of nitrogens with zero attached hydrogens (tertiary/aromatic N) is 1. The molecule has 0 saturated carbocycles. The number of sulfonamides is 1. The molecule has 0 aromatic heterocycles. The van der Waals surface area contributed by atoms with Crippen LogP contribution in [-0.2, 0) is 27.8 Å². The summed E-state index contributed by atoms with van der Waals surface area (Å²) < 4.78 is 26.7. The molecule has 1 saturated heterocycles. The van der Waals surface area contributed by atoms with Crippen molar-refractivity contribution in [3.63, 3.8) is 0 Å². The third-order valence-electron chi connectivity index (χ3n) is 3.72. The Bertz CT molecular complexity index is 642. The Kier molecular flexibility index (Phi) is 3.49. The first-order valence-corrected chi connectivity index (χ1v) is 8.11. The summed E-state index contributed by atoms with van der Waals surface area (Å²) in [5.41, 5.74) is 1.91. The second-order valence-electron chi connectivity index (χ2n) is 5.01. The number of fused-ring (bicyclic) bond motifs is 1. The lowest BCUT2D eigenvalue weighted by Gasteiger charge is -2.28. The van der Waals surface area contributed by atoms with Crippen molar-refractivity contribution in [1.29, 1.82) is 0 Å². The standard InChI is InChI=1S/C13H17N3O3S/c17-13-9-16(7-6-15-13)20(18,19)12-3-1-2-10-8-14-5-4-11(10)12/h1-3,14H,4-9H2,(H,15,17). The van der Waals surface area contributed by atoms with Crippen LogP contribution in [0, 0.1) is 0 Å². The summed E-state index contributed by atoms with van der Waals surface area (Å²) in [5.74, 6) is -0.244. The van der Waals surface area contributed by atoms with Crippen molar-refractivity contribution < 1.29 is 13.2 Å². The highest BCUT2D eigenvalue weighted by Crippen LogP contribution is 2.25. The maximum absolute atomic E-state index is 12.7. The molecule has 2 aliphatic heterocycles. The van der Waals surface area contributed by atoms with Gasteiger partial charge in [0.1, 0.15) is 0 Å². The van der Waals surface area contributed by atoms with Crippen molar-refractivity contribution in [2.75, 3.05) is 26.2 Å². The fraction of sp³-hybridized carbons (Fsp3) is 0.462. The van der Waals surface area contributed by atoms with E-state index in [2.05, 4.69) is 10.6 Å². The van der Waals surface area contributed by atoms with E-state index in [0.717, 1.165) is 17.7 Å². The van der Waals surface area contributed by atoms with E-state index < -0.39 is 10.0 Å². The molecule has 6 nitrogen and oxygen atoms in total. The first kappa shape index (κ1) is 13.5. The zero-order valence-corrected chi connectivity index (χ0v) is 11.9. The fourth-order valence-corrected chi connectivity index (χ4v) is 4.39. The zero-order valence-electron chi connectivity index (χ0n) is 11.1.